The fourth-order valence-electron chi connectivity index (χ4n) is 1.89. The summed E-state index contributed by atoms with van der Waals surface area (Å²) < 4.78 is 30.8. The molecule has 6 N–H and O–H groups in total. The number of rotatable bonds is 16. The molecule has 0 spiro atoms. The summed E-state index contributed by atoms with van der Waals surface area (Å²) in [5, 5.41) is 5.19. The van der Waals surface area contributed by atoms with Crippen LogP contribution in [0.2, 0.25) is 0 Å². The first-order valence-corrected chi connectivity index (χ1v) is 11.6. The van der Waals surface area contributed by atoms with E-state index in [1.807, 2.05) is 41.5 Å². The van der Waals surface area contributed by atoms with Crippen LogP contribution in [0.25, 0.3) is 0 Å². The Kier molecular flexibility index (Phi) is 22.1. The van der Waals surface area contributed by atoms with E-state index in [4.69, 9.17) is 39.9 Å². The second-order valence-corrected chi connectivity index (χ2v) is 8.88. The van der Waals surface area contributed by atoms with E-state index in [2.05, 4.69) is 10.6 Å². The monoisotopic (exact) mass is 496 g/mol. The average molecular weight is 497 g/mol. The van der Waals surface area contributed by atoms with E-state index in [9.17, 15) is 9.59 Å². The van der Waals surface area contributed by atoms with Crippen LogP contribution in [0.1, 0.15) is 41.5 Å². The molecule has 0 bridgehead atoms. The summed E-state index contributed by atoms with van der Waals surface area (Å²) in [7, 11) is 0. The molecular weight excluding hydrogens is 448 g/mol. The summed E-state index contributed by atoms with van der Waals surface area (Å²) in [4.78, 5) is 22.4. The zero-order valence-electron chi connectivity index (χ0n) is 21.9. The third-order valence-corrected chi connectivity index (χ3v) is 3.10. The highest BCUT2D eigenvalue weighted by molar-refractivity contribution is 5.67. The van der Waals surface area contributed by atoms with Crippen molar-refractivity contribution in [3.8, 4) is 0 Å². The van der Waals surface area contributed by atoms with Crippen LogP contribution >= 0.6 is 0 Å². The maximum absolute atomic E-state index is 11.2. The van der Waals surface area contributed by atoms with E-state index in [1.54, 1.807) is 0 Å². The molecule has 0 radical (unpaired) electrons. The van der Waals surface area contributed by atoms with E-state index in [-0.39, 0.29) is 0 Å². The number of amides is 2. The lowest BCUT2D eigenvalue weighted by Gasteiger charge is -2.19. The SMILES string of the molecule is CC(C)(C)OC(=O)NCCOCCOCCN.CC(C)(C)OC(=O)NCCOCCOCCN. The Hall–Kier alpha value is -1.70. The van der Waals surface area contributed by atoms with Gasteiger partial charge in [0.15, 0.2) is 0 Å². The number of ether oxygens (including phenoxy) is 6. The number of carbonyl (C=O) groups excluding carboxylic acids is 2. The van der Waals surface area contributed by atoms with Gasteiger partial charge in [0, 0.05) is 26.2 Å². The lowest BCUT2D eigenvalue weighted by atomic mass is 10.2. The predicted molar refractivity (Wildman–Crippen MR) is 130 cm³/mol. The van der Waals surface area contributed by atoms with Gasteiger partial charge in [0.1, 0.15) is 11.2 Å². The molecule has 2 amide bonds. The molecule has 0 unspecified atom stereocenters. The zero-order valence-corrected chi connectivity index (χ0v) is 21.9. The van der Waals surface area contributed by atoms with Crippen LogP contribution in [0, 0.1) is 0 Å². The van der Waals surface area contributed by atoms with E-state index in [0.717, 1.165) is 0 Å². The van der Waals surface area contributed by atoms with Crippen LogP contribution in [0.3, 0.4) is 0 Å². The van der Waals surface area contributed by atoms with Crippen molar-refractivity contribution in [2.24, 2.45) is 11.5 Å². The molecule has 0 aliphatic carbocycles. The maximum atomic E-state index is 11.2. The molecule has 0 saturated carbocycles. The van der Waals surface area contributed by atoms with Crippen LogP contribution in [0.15, 0.2) is 0 Å². The number of alkyl carbamates (subject to hydrolysis) is 2. The number of nitrogens with two attached hydrogens (primary N) is 2. The molecule has 204 valence electrons. The Morgan fingerprint density at radius 2 is 0.853 bits per heavy atom. The second kappa shape index (κ2) is 21.8. The van der Waals surface area contributed by atoms with E-state index >= 15 is 0 Å². The van der Waals surface area contributed by atoms with Crippen LogP contribution in [0.4, 0.5) is 9.59 Å². The van der Waals surface area contributed by atoms with Gasteiger partial charge in [-0.3, -0.25) is 0 Å². The third-order valence-electron chi connectivity index (χ3n) is 3.10. The summed E-state index contributed by atoms with van der Waals surface area (Å²) >= 11 is 0. The first kappa shape index (κ1) is 34.5. The molecule has 0 heterocycles. The molecule has 0 atom stereocenters. The summed E-state index contributed by atoms with van der Waals surface area (Å²) in [6.07, 6.45) is -0.860. The Morgan fingerprint density at radius 3 is 1.12 bits per heavy atom. The van der Waals surface area contributed by atoms with Gasteiger partial charge in [-0.1, -0.05) is 0 Å². The number of hydrogen-bond donors (Lipinski definition) is 4. The second-order valence-electron chi connectivity index (χ2n) is 8.88. The third kappa shape index (κ3) is 32.5. The number of hydrogen-bond acceptors (Lipinski definition) is 10. The minimum atomic E-state index is -0.471. The maximum Gasteiger partial charge on any atom is 0.407 e. The lowest BCUT2D eigenvalue weighted by molar-refractivity contribution is 0.0406. The Labute approximate surface area is 204 Å². The highest BCUT2D eigenvalue weighted by atomic mass is 16.6. The van der Waals surface area contributed by atoms with Crippen molar-refractivity contribution < 1.29 is 38.0 Å². The molecule has 0 aliphatic rings. The molecule has 0 rings (SSSR count). The smallest absolute Gasteiger partial charge is 0.407 e. The largest absolute Gasteiger partial charge is 0.444 e. The van der Waals surface area contributed by atoms with Crippen molar-refractivity contribution in [2.75, 3.05) is 79.0 Å². The fraction of sp³-hybridized carbons (Fsp3) is 0.909. The molecule has 0 aromatic carbocycles. The van der Waals surface area contributed by atoms with Crippen LogP contribution in [-0.4, -0.2) is 102 Å². The van der Waals surface area contributed by atoms with Crippen molar-refractivity contribution in [1.29, 1.82) is 0 Å². The predicted octanol–water partition coefficient (Wildman–Crippen LogP) is 1.01. The minimum Gasteiger partial charge on any atom is -0.444 e. The van der Waals surface area contributed by atoms with Crippen molar-refractivity contribution in [1.82, 2.24) is 10.6 Å². The normalized spacial score (nSPS) is 11.3. The Morgan fingerprint density at radius 1 is 0.559 bits per heavy atom. The van der Waals surface area contributed by atoms with Gasteiger partial charge >= 0.3 is 12.2 Å². The first-order valence-electron chi connectivity index (χ1n) is 11.6. The summed E-state index contributed by atoms with van der Waals surface area (Å²) in [6, 6.07) is 0. The van der Waals surface area contributed by atoms with Gasteiger partial charge in [-0.15, -0.1) is 0 Å². The van der Waals surface area contributed by atoms with Crippen molar-refractivity contribution in [3.05, 3.63) is 0 Å². The summed E-state index contributed by atoms with van der Waals surface area (Å²) in [5.74, 6) is 0. The van der Waals surface area contributed by atoms with Gasteiger partial charge in [-0.05, 0) is 41.5 Å². The lowest BCUT2D eigenvalue weighted by Crippen LogP contribution is -2.34. The van der Waals surface area contributed by atoms with E-state index < -0.39 is 23.4 Å². The van der Waals surface area contributed by atoms with Gasteiger partial charge in [0.2, 0.25) is 0 Å². The molecule has 0 fully saturated rings. The van der Waals surface area contributed by atoms with Crippen molar-refractivity contribution in [3.63, 3.8) is 0 Å². The van der Waals surface area contributed by atoms with E-state index in [0.29, 0.717) is 79.0 Å². The number of carbonyl (C=O) groups is 2. The highest BCUT2D eigenvalue weighted by Crippen LogP contribution is 2.06. The molecular formula is C22H48N4O8. The van der Waals surface area contributed by atoms with Crippen LogP contribution in [0.5, 0.6) is 0 Å². The standard InChI is InChI=1S/2C11H24N2O4/c2*1-11(2,3)17-10(14)13-5-7-16-9-8-15-6-4-12/h2*4-9,12H2,1-3H3,(H,13,14). The van der Waals surface area contributed by atoms with Crippen LogP contribution < -0.4 is 22.1 Å². The van der Waals surface area contributed by atoms with Gasteiger partial charge in [0.25, 0.3) is 0 Å². The Bertz CT molecular complexity index is 452. The highest BCUT2D eigenvalue weighted by Gasteiger charge is 2.16. The molecule has 34 heavy (non-hydrogen) atoms. The van der Waals surface area contributed by atoms with Crippen LogP contribution in [-0.2, 0) is 28.4 Å². The zero-order chi connectivity index (χ0) is 26.3. The quantitative estimate of drug-likeness (QED) is 0.226. The topological polar surface area (TPSA) is 166 Å². The fourth-order valence-corrected chi connectivity index (χ4v) is 1.89. The van der Waals surface area contributed by atoms with Crippen molar-refractivity contribution >= 4 is 12.2 Å². The number of nitrogens with one attached hydrogen (secondary N) is 2. The summed E-state index contributed by atoms with van der Waals surface area (Å²) in [6.45, 7) is 16.8. The van der Waals surface area contributed by atoms with Gasteiger partial charge in [-0.25, -0.2) is 9.59 Å². The molecule has 0 aromatic heterocycles. The van der Waals surface area contributed by atoms with Crippen molar-refractivity contribution in [2.45, 2.75) is 52.7 Å². The summed E-state index contributed by atoms with van der Waals surface area (Å²) in [5.41, 5.74) is 9.55. The molecule has 0 aliphatic heterocycles. The molecule has 0 saturated heterocycles. The minimum absolute atomic E-state index is 0.422. The van der Waals surface area contributed by atoms with Gasteiger partial charge in [-0.2, -0.15) is 0 Å². The van der Waals surface area contributed by atoms with Gasteiger partial charge in [0.05, 0.1) is 52.9 Å². The Balaban J connectivity index is 0. The molecule has 12 heteroatoms. The van der Waals surface area contributed by atoms with E-state index in [1.165, 1.54) is 0 Å². The molecule has 0 aromatic rings. The average Bonchev–Trinajstić information content (AvgIpc) is 2.70. The van der Waals surface area contributed by atoms with Gasteiger partial charge < -0.3 is 50.5 Å². The molecule has 12 nitrogen and oxygen atoms in total. The first-order chi connectivity index (χ1) is 15.9.